The highest BCUT2D eigenvalue weighted by Gasteiger charge is 2.63. The number of aliphatic hydroxyl groups excluding tert-OH is 2. The minimum absolute atomic E-state index is 0.0250. The van der Waals surface area contributed by atoms with Crippen molar-refractivity contribution in [1.82, 2.24) is 0 Å². The topological polar surface area (TPSA) is 40.5 Å². The number of hydrogen-bond donors (Lipinski definition) is 2. The molecule has 0 saturated heterocycles. The molecule has 4 aliphatic rings. The van der Waals surface area contributed by atoms with E-state index in [0.29, 0.717) is 28.6 Å². The van der Waals surface area contributed by atoms with Gasteiger partial charge in [0.05, 0.1) is 12.2 Å². The summed E-state index contributed by atoms with van der Waals surface area (Å²) in [5.74, 6) is 2.44. The molecule has 1 unspecified atom stereocenters. The molecule has 2 N–H and O–H groups in total. The molecule has 0 heterocycles. The zero-order valence-electron chi connectivity index (χ0n) is 22.4. The van der Waals surface area contributed by atoms with Gasteiger partial charge in [0.2, 0.25) is 0 Å². The van der Waals surface area contributed by atoms with Gasteiger partial charge in [-0.2, -0.15) is 0 Å². The third-order valence-electron chi connectivity index (χ3n) is 12.2. The van der Waals surface area contributed by atoms with E-state index in [9.17, 15) is 10.2 Å². The van der Waals surface area contributed by atoms with E-state index in [1.807, 2.05) is 11.1 Å². The number of aliphatic hydroxyl groups is 2. The van der Waals surface area contributed by atoms with Crippen molar-refractivity contribution in [1.29, 1.82) is 0 Å². The van der Waals surface area contributed by atoms with Crippen molar-refractivity contribution in [3.8, 4) is 0 Å². The van der Waals surface area contributed by atoms with Crippen LogP contribution in [0.2, 0.25) is 0 Å². The predicted octanol–water partition coefficient (Wildman–Crippen LogP) is 7.53. The molecule has 2 fully saturated rings. The maximum Gasteiger partial charge on any atom is 0.0594 e. The first-order chi connectivity index (χ1) is 14.8. The molecule has 2 saturated carbocycles. The smallest absolute Gasteiger partial charge is 0.0594 e. The molecule has 2 heteroatoms. The molecule has 2 nitrogen and oxygen atoms in total. The van der Waals surface area contributed by atoms with Gasteiger partial charge >= 0.3 is 0 Å². The average molecular weight is 445 g/mol. The van der Waals surface area contributed by atoms with E-state index in [1.165, 1.54) is 44.9 Å². The monoisotopic (exact) mass is 444 g/mol. The quantitative estimate of drug-likeness (QED) is 0.430. The van der Waals surface area contributed by atoms with Crippen molar-refractivity contribution < 1.29 is 10.2 Å². The molecule has 0 bridgehead atoms. The van der Waals surface area contributed by atoms with Crippen LogP contribution in [0.4, 0.5) is 0 Å². The molecule has 184 valence electrons. The highest BCUT2D eigenvalue weighted by Crippen LogP contribution is 2.72. The number of rotatable bonds is 5. The van der Waals surface area contributed by atoms with Crippen molar-refractivity contribution in [3.05, 3.63) is 11.1 Å². The van der Waals surface area contributed by atoms with E-state index in [-0.39, 0.29) is 23.0 Å². The molecule has 0 radical (unpaired) electrons. The van der Waals surface area contributed by atoms with Gasteiger partial charge in [0.15, 0.2) is 0 Å². The summed E-state index contributed by atoms with van der Waals surface area (Å²) in [5, 5.41) is 21.2. The van der Waals surface area contributed by atoms with Gasteiger partial charge in [0.25, 0.3) is 0 Å². The highest BCUT2D eigenvalue weighted by atomic mass is 16.3. The highest BCUT2D eigenvalue weighted by molar-refractivity contribution is 5.38. The normalized spacial score (nSPS) is 45.3. The zero-order chi connectivity index (χ0) is 23.7. The van der Waals surface area contributed by atoms with Gasteiger partial charge in [-0.05, 0) is 110 Å². The molecule has 0 spiro atoms. The van der Waals surface area contributed by atoms with Gasteiger partial charge in [0, 0.05) is 0 Å². The van der Waals surface area contributed by atoms with E-state index >= 15 is 0 Å². The lowest BCUT2D eigenvalue weighted by Crippen LogP contribution is -2.55. The lowest BCUT2D eigenvalue weighted by molar-refractivity contribution is -0.0962. The molecule has 4 aliphatic carbocycles. The molecule has 32 heavy (non-hydrogen) atoms. The molecule has 4 rings (SSSR count). The van der Waals surface area contributed by atoms with Crippen molar-refractivity contribution in [2.24, 2.45) is 45.3 Å². The van der Waals surface area contributed by atoms with Gasteiger partial charge in [-0.3, -0.25) is 0 Å². The maximum absolute atomic E-state index is 10.8. The first-order valence-electron chi connectivity index (χ1n) is 13.9. The van der Waals surface area contributed by atoms with Crippen LogP contribution in [0.15, 0.2) is 11.1 Å². The lowest BCUT2D eigenvalue weighted by Gasteiger charge is -2.62. The van der Waals surface area contributed by atoms with Crippen LogP contribution in [0.3, 0.4) is 0 Å². The second-order valence-corrected chi connectivity index (χ2v) is 14.1. The predicted molar refractivity (Wildman–Crippen MR) is 134 cm³/mol. The summed E-state index contributed by atoms with van der Waals surface area (Å²) in [7, 11) is 0. The number of allylic oxidation sites excluding steroid dienone is 2. The number of hydrogen-bond acceptors (Lipinski definition) is 2. The Kier molecular flexibility index (Phi) is 6.28. The summed E-state index contributed by atoms with van der Waals surface area (Å²) in [6, 6.07) is 0. The third kappa shape index (κ3) is 3.40. The molecule has 0 aromatic carbocycles. The fourth-order valence-electron chi connectivity index (χ4n) is 9.60. The maximum atomic E-state index is 10.8. The van der Waals surface area contributed by atoms with Gasteiger partial charge < -0.3 is 10.2 Å². The first kappa shape index (κ1) is 24.8. The van der Waals surface area contributed by atoms with Crippen LogP contribution in [-0.4, -0.2) is 22.4 Å². The van der Waals surface area contributed by atoms with E-state index in [0.717, 1.165) is 25.2 Å². The fourth-order valence-corrected chi connectivity index (χ4v) is 9.60. The van der Waals surface area contributed by atoms with Crippen LogP contribution in [0.25, 0.3) is 0 Å². The van der Waals surface area contributed by atoms with Crippen molar-refractivity contribution in [2.75, 3.05) is 0 Å². The van der Waals surface area contributed by atoms with Crippen molar-refractivity contribution in [2.45, 2.75) is 132 Å². The summed E-state index contributed by atoms with van der Waals surface area (Å²) in [6.07, 6.45) is 11.8. The van der Waals surface area contributed by atoms with Gasteiger partial charge in [-0.1, -0.05) is 66.5 Å². The molecular formula is C30H52O2. The minimum atomic E-state index is -0.154. The Hall–Kier alpha value is -0.340. The zero-order valence-corrected chi connectivity index (χ0v) is 22.4. The Bertz CT molecular complexity index is 750. The average Bonchev–Trinajstić information content (AvgIpc) is 3.00. The van der Waals surface area contributed by atoms with E-state index < -0.39 is 0 Å². The Morgan fingerprint density at radius 3 is 2.19 bits per heavy atom. The molecular weight excluding hydrogens is 392 g/mol. The lowest BCUT2D eigenvalue weighted by atomic mass is 9.43. The standard InChI is InChI=1S/C30H52O2/c1-19(2)24(31)11-9-20(3)21-13-17-30(8)23-10-12-25-27(4,5)26(32)15-16-28(25,6)22(23)14-18-29(21,30)7/h19-21,24-26,31-32H,9-18H2,1-8H3/t20-,21-,24?,25+,26+,28-,29-,30+/m1/s1. The molecule has 0 aromatic rings. The van der Waals surface area contributed by atoms with Crippen molar-refractivity contribution in [3.63, 3.8) is 0 Å². The van der Waals surface area contributed by atoms with Crippen molar-refractivity contribution >= 4 is 0 Å². The van der Waals surface area contributed by atoms with Crippen LogP contribution in [0, 0.1) is 45.3 Å². The largest absolute Gasteiger partial charge is 0.393 e. The van der Waals surface area contributed by atoms with E-state index in [2.05, 4.69) is 55.4 Å². The second-order valence-electron chi connectivity index (χ2n) is 14.1. The Balaban J connectivity index is 1.62. The molecule has 8 atom stereocenters. The fraction of sp³-hybridized carbons (Fsp3) is 0.933. The summed E-state index contributed by atoms with van der Waals surface area (Å²) < 4.78 is 0. The number of fused-ring (bicyclic) bond motifs is 4. The minimum Gasteiger partial charge on any atom is -0.393 e. The van der Waals surface area contributed by atoms with Crippen LogP contribution in [0.1, 0.15) is 120 Å². The summed E-state index contributed by atoms with van der Waals surface area (Å²) in [5.41, 5.74) is 4.69. The first-order valence-corrected chi connectivity index (χ1v) is 13.9. The molecule has 0 aliphatic heterocycles. The summed E-state index contributed by atoms with van der Waals surface area (Å²) in [4.78, 5) is 0. The van der Waals surface area contributed by atoms with Crippen LogP contribution >= 0.6 is 0 Å². The van der Waals surface area contributed by atoms with Crippen LogP contribution < -0.4 is 0 Å². The molecule has 0 aromatic heterocycles. The summed E-state index contributed by atoms with van der Waals surface area (Å²) in [6.45, 7) is 19.2. The van der Waals surface area contributed by atoms with Gasteiger partial charge in [0.1, 0.15) is 0 Å². The Morgan fingerprint density at radius 2 is 1.53 bits per heavy atom. The second kappa shape index (κ2) is 8.11. The molecule has 0 amide bonds. The SMILES string of the molecule is CC(C)C(O)CC[C@@H](C)[C@H]1CC[C@@]2(C)C3=C(CC[C@]12C)[C@@]1(C)CC[C@H](O)C(C)(C)[C@@H]1CC3. The summed E-state index contributed by atoms with van der Waals surface area (Å²) >= 11 is 0. The Labute approximate surface area is 198 Å². The third-order valence-corrected chi connectivity index (χ3v) is 12.2. The van der Waals surface area contributed by atoms with Crippen LogP contribution in [0.5, 0.6) is 0 Å². The van der Waals surface area contributed by atoms with E-state index in [4.69, 9.17) is 0 Å². The van der Waals surface area contributed by atoms with Gasteiger partial charge in [-0.25, -0.2) is 0 Å². The van der Waals surface area contributed by atoms with Crippen LogP contribution in [-0.2, 0) is 0 Å². The van der Waals surface area contributed by atoms with Gasteiger partial charge in [-0.15, -0.1) is 0 Å². The van der Waals surface area contributed by atoms with E-state index in [1.54, 1.807) is 0 Å². The Morgan fingerprint density at radius 1 is 0.844 bits per heavy atom.